The average molecular weight is 459 g/mol. The first-order valence-electron chi connectivity index (χ1n) is 11.6. The molecule has 6 heteroatoms. The summed E-state index contributed by atoms with van der Waals surface area (Å²) in [5.41, 5.74) is 17.5. The van der Waals surface area contributed by atoms with Crippen LogP contribution in [-0.4, -0.2) is 29.6 Å². The highest BCUT2D eigenvalue weighted by molar-refractivity contribution is 5.99. The first-order chi connectivity index (χ1) is 16.4. The van der Waals surface area contributed by atoms with Gasteiger partial charge in [0.2, 0.25) is 0 Å². The van der Waals surface area contributed by atoms with Crippen molar-refractivity contribution < 1.29 is 9.18 Å². The van der Waals surface area contributed by atoms with Gasteiger partial charge in [0.25, 0.3) is 5.91 Å². The van der Waals surface area contributed by atoms with Gasteiger partial charge in [0, 0.05) is 30.0 Å². The Morgan fingerprint density at radius 1 is 1.00 bits per heavy atom. The number of nitrogens with one attached hydrogen (secondary N) is 1. The van der Waals surface area contributed by atoms with Gasteiger partial charge in [0.15, 0.2) is 0 Å². The standard InChI is InChI=1S/C28H31FN4O/c1-19-4-8-21(9-5-19)22-10-11-23-16-27(28(34)32-17-25(31)3-2-14-30)33(26(23)15-22)18-20-6-12-24(29)13-7-20/h4-13,15-16,25H,2-3,14,17-18,30-31H2,1H3,(H,32,34)/t25-/m0/s1. The van der Waals surface area contributed by atoms with Gasteiger partial charge >= 0.3 is 0 Å². The fourth-order valence-corrected chi connectivity index (χ4v) is 4.11. The van der Waals surface area contributed by atoms with E-state index in [9.17, 15) is 9.18 Å². The highest BCUT2D eigenvalue weighted by Gasteiger charge is 2.17. The molecule has 1 atom stereocenters. The third kappa shape index (κ3) is 5.53. The fourth-order valence-electron chi connectivity index (χ4n) is 4.11. The van der Waals surface area contributed by atoms with Gasteiger partial charge in [0.05, 0.1) is 0 Å². The van der Waals surface area contributed by atoms with Crippen LogP contribution in [0.5, 0.6) is 0 Å². The van der Waals surface area contributed by atoms with E-state index in [0.717, 1.165) is 40.4 Å². The highest BCUT2D eigenvalue weighted by atomic mass is 19.1. The van der Waals surface area contributed by atoms with Crippen LogP contribution in [0.25, 0.3) is 22.0 Å². The maximum Gasteiger partial charge on any atom is 0.268 e. The second-order valence-corrected chi connectivity index (χ2v) is 8.78. The molecule has 0 saturated carbocycles. The highest BCUT2D eigenvalue weighted by Crippen LogP contribution is 2.28. The summed E-state index contributed by atoms with van der Waals surface area (Å²) in [4.78, 5) is 13.2. The molecule has 0 aliphatic rings. The zero-order valence-corrected chi connectivity index (χ0v) is 19.4. The van der Waals surface area contributed by atoms with Crippen LogP contribution in [0.1, 0.15) is 34.5 Å². The van der Waals surface area contributed by atoms with Crippen molar-refractivity contribution in [3.8, 4) is 11.1 Å². The largest absolute Gasteiger partial charge is 0.349 e. The van der Waals surface area contributed by atoms with E-state index < -0.39 is 0 Å². The number of aryl methyl sites for hydroxylation is 1. The van der Waals surface area contributed by atoms with Gasteiger partial charge in [-0.3, -0.25) is 4.79 Å². The van der Waals surface area contributed by atoms with E-state index >= 15 is 0 Å². The van der Waals surface area contributed by atoms with Gasteiger partial charge in [-0.05, 0) is 67.3 Å². The van der Waals surface area contributed by atoms with Gasteiger partial charge in [-0.15, -0.1) is 0 Å². The Morgan fingerprint density at radius 2 is 1.71 bits per heavy atom. The lowest BCUT2D eigenvalue weighted by atomic mass is 10.0. The van der Waals surface area contributed by atoms with Crippen LogP contribution in [0.3, 0.4) is 0 Å². The smallest absolute Gasteiger partial charge is 0.268 e. The molecular weight excluding hydrogens is 427 g/mol. The molecule has 0 spiro atoms. The van der Waals surface area contributed by atoms with Gasteiger partial charge < -0.3 is 21.4 Å². The number of halogens is 1. The summed E-state index contributed by atoms with van der Waals surface area (Å²) in [7, 11) is 0. The molecule has 0 radical (unpaired) electrons. The van der Waals surface area contributed by atoms with Crippen LogP contribution < -0.4 is 16.8 Å². The monoisotopic (exact) mass is 458 g/mol. The minimum absolute atomic E-state index is 0.143. The molecule has 1 heterocycles. The van der Waals surface area contributed by atoms with E-state index in [-0.39, 0.29) is 17.8 Å². The van der Waals surface area contributed by atoms with Crippen LogP contribution in [0.4, 0.5) is 4.39 Å². The molecule has 0 aliphatic heterocycles. The molecule has 34 heavy (non-hydrogen) atoms. The van der Waals surface area contributed by atoms with Crippen LogP contribution in [0, 0.1) is 12.7 Å². The number of hydrogen-bond acceptors (Lipinski definition) is 3. The number of rotatable bonds is 9. The summed E-state index contributed by atoms with van der Waals surface area (Å²) in [6, 6.07) is 22.7. The number of nitrogens with zero attached hydrogens (tertiary/aromatic N) is 1. The van der Waals surface area contributed by atoms with Crippen molar-refractivity contribution >= 4 is 16.8 Å². The summed E-state index contributed by atoms with van der Waals surface area (Å²) < 4.78 is 15.5. The summed E-state index contributed by atoms with van der Waals surface area (Å²) in [6.07, 6.45) is 1.58. The number of carbonyl (C=O) groups excluding carboxylic acids is 1. The fraction of sp³-hybridized carbons (Fsp3) is 0.250. The third-order valence-electron chi connectivity index (χ3n) is 6.08. The normalized spacial score (nSPS) is 12.1. The molecular formula is C28H31FN4O. The molecule has 0 fully saturated rings. The minimum Gasteiger partial charge on any atom is -0.349 e. The predicted octanol–water partition coefficient (Wildman–Crippen LogP) is 4.60. The van der Waals surface area contributed by atoms with Crippen molar-refractivity contribution in [3.63, 3.8) is 0 Å². The van der Waals surface area contributed by atoms with Gasteiger partial charge in [-0.1, -0.05) is 54.1 Å². The number of aromatic nitrogens is 1. The zero-order valence-electron chi connectivity index (χ0n) is 19.4. The lowest BCUT2D eigenvalue weighted by molar-refractivity contribution is 0.0942. The number of hydrogen-bond donors (Lipinski definition) is 3. The molecule has 5 nitrogen and oxygen atoms in total. The average Bonchev–Trinajstić information content (AvgIpc) is 3.20. The number of nitrogens with two attached hydrogens (primary N) is 2. The van der Waals surface area contributed by atoms with E-state index in [1.165, 1.54) is 17.7 Å². The van der Waals surface area contributed by atoms with Crippen molar-refractivity contribution in [2.24, 2.45) is 11.5 Å². The Hall–Kier alpha value is -3.48. The van der Waals surface area contributed by atoms with Crippen molar-refractivity contribution in [3.05, 3.63) is 95.4 Å². The quantitative estimate of drug-likeness (QED) is 0.343. The van der Waals surface area contributed by atoms with Crippen LogP contribution in [0.2, 0.25) is 0 Å². The summed E-state index contributed by atoms with van der Waals surface area (Å²) in [5.74, 6) is -0.467. The second-order valence-electron chi connectivity index (χ2n) is 8.78. The molecule has 0 aliphatic carbocycles. The molecule has 5 N–H and O–H groups in total. The Labute approximate surface area is 199 Å². The molecule has 0 bridgehead atoms. The Kier molecular flexibility index (Phi) is 7.40. The molecule has 4 aromatic rings. The van der Waals surface area contributed by atoms with Crippen molar-refractivity contribution in [2.75, 3.05) is 13.1 Å². The zero-order chi connectivity index (χ0) is 24.1. The van der Waals surface area contributed by atoms with E-state index in [2.05, 4.69) is 48.6 Å². The lowest BCUT2D eigenvalue weighted by Crippen LogP contribution is -2.38. The topological polar surface area (TPSA) is 86.1 Å². The van der Waals surface area contributed by atoms with Crippen LogP contribution in [-0.2, 0) is 6.54 Å². The summed E-state index contributed by atoms with van der Waals surface area (Å²) in [5, 5.41) is 3.94. The molecule has 3 aromatic carbocycles. The van der Waals surface area contributed by atoms with Crippen molar-refractivity contribution in [1.82, 2.24) is 9.88 Å². The molecule has 1 amide bonds. The number of carbonyl (C=O) groups is 1. The Balaban J connectivity index is 1.70. The molecule has 1 aromatic heterocycles. The molecule has 0 unspecified atom stereocenters. The van der Waals surface area contributed by atoms with Crippen LogP contribution in [0.15, 0.2) is 72.8 Å². The SMILES string of the molecule is Cc1ccc(-c2ccc3cc(C(=O)NC[C@@H](N)CCCN)n(Cc4ccc(F)cc4)c3c2)cc1. The first-order valence-corrected chi connectivity index (χ1v) is 11.6. The molecule has 0 saturated heterocycles. The van der Waals surface area contributed by atoms with Crippen molar-refractivity contribution in [2.45, 2.75) is 32.4 Å². The molecule has 4 rings (SSSR count). The summed E-state index contributed by atoms with van der Waals surface area (Å²) in [6.45, 7) is 3.47. The van der Waals surface area contributed by atoms with E-state index in [1.807, 2.05) is 16.7 Å². The number of benzene rings is 3. The Morgan fingerprint density at radius 3 is 2.41 bits per heavy atom. The minimum atomic E-state index is -0.285. The second kappa shape index (κ2) is 10.6. The van der Waals surface area contributed by atoms with Crippen LogP contribution >= 0.6 is 0 Å². The maximum atomic E-state index is 13.5. The van der Waals surface area contributed by atoms with E-state index in [1.54, 1.807) is 12.1 Å². The van der Waals surface area contributed by atoms with Gasteiger partial charge in [-0.2, -0.15) is 0 Å². The van der Waals surface area contributed by atoms with E-state index in [0.29, 0.717) is 25.3 Å². The maximum absolute atomic E-state index is 13.5. The van der Waals surface area contributed by atoms with E-state index in [4.69, 9.17) is 11.5 Å². The number of fused-ring (bicyclic) bond motifs is 1. The molecule has 176 valence electrons. The number of amides is 1. The van der Waals surface area contributed by atoms with Gasteiger partial charge in [0.1, 0.15) is 11.5 Å². The van der Waals surface area contributed by atoms with Gasteiger partial charge in [-0.25, -0.2) is 4.39 Å². The lowest BCUT2D eigenvalue weighted by Gasteiger charge is -2.15. The third-order valence-corrected chi connectivity index (χ3v) is 6.08. The Bertz CT molecular complexity index is 1260. The summed E-state index contributed by atoms with van der Waals surface area (Å²) >= 11 is 0. The first kappa shape index (κ1) is 23.7. The predicted molar refractivity (Wildman–Crippen MR) is 136 cm³/mol. The van der Waals surface area contributed by atoms with Crippen molar-refractivity contribution in [1.29, 1.82) is 0 Å².